The molecule has 0 saturated heterocycles. The van der Waals surface area contributed by atoms with E-state index < -0.39 is 36.6 Å². The Bertz CT molecular complexity index is 947. The van der Waals surface area contributed by atoms with Crippen LogP contribution in [0, 0.1) is 13.8 Å². The smallest absolute Gasteiger partial charge is 0.297 e. The molecule has 11 heteroatoms. The van der Waals surface area contributed by atoms with Crippen molar-refractivity contribution in [3.63, 3.8) is 0 Å². The van der Waals surface area contributed by atoms with Gasteiger partial charge >= 0.3 is 0 Å². The Kier molecular flexibility index (Phi) is 5.60. The number of aryl methyl sites for hydroxylation is 2. The second-order valence-electron chi connectivity index (χ2n) is 6.65. The Labute approximate surface area is 163 Å². The zero-order valence-corrected chi connectivity index (χ0v) is 15.5. The third-order valence-electron chi connectivity index (χ3n) is 4.39. The first-order valence-electron chi connectivity index (χ1n) is 8.56. The topological polar surface area (TPSA) is 80.0 Å². The fraction of sp³-hybridized carbons (Fsp3) is 0.389. The predicted octanol–water partition coefficient (Wildman–Crippen LogP) is 2.96. The third kappa shape index (κ3) is 4.09. The largest absolute Gasteiger partial charge is 0.471 e. The van der Waals surface area contributed by atoms with E-state index in [4.69, 9.17) is 4.74 Å². The Morgan fingerprint density at radius 2 is 2.00 bits per heavy atom. The van der Waals surface area contributed by atoms with Gasteiger partial charge in [-0.15, -0.1) is 0 Å². The molecule has 0 bridgehead atoms. The number of benzene rings is 1. The molecule has 1 aromatic heterocycles. The summed E-state index contributed by atoms with van der Waals surface area (Å²) < 4.78 is 59.1. The first-order chi connectivity index (χ1) is 13.6. The number of aliphatic hydroxyl groups is 1. The van der Waals surface area contributed by atoms with Crippen LogP contribution in [0.4, 0.5) is 17.6 Å². The van der Waals surface area contributed by atoms with Gasteiger partial charge < -0.3 is 9.84 Å². The van der Waals surface area contributed by atoms with Gasteiger partial charge in [0.1, 0.15) is 11.5 Å². The molecule has 1 atom stereocenters. The van der Waals surface area contributed by atoms with E-state index in [1.807, 2.05) is 32.0 Å². The number of ether oxygens (including phenoxy) is 1. The van der Waals surface area contributed by atoms with Gasteiger partial charge in [-0.1, -0.05) is 12.1 Å². The lowest BCUT2D eigenvalue weighted by Crippen LogP contribution is -2.51. The van der Waals surface area contributed by atoms with Gasteiger partial charge in [0.25, 0.3) is 18.8 Å². The van der Waals surface area contributed by atoms with Crippen molar-refractivity contribution in [2.24, 2.45) is 5.10 Å². The molecular weight excluding hydrogens is 396 g/mol. The minimum absolute atomic E-state index is 0.0304. The van der Waals surface area contributed by atoms with Crippen molar-refractivity contribution >= 4 is 11.6 Å². The summed E-state index contributed by atoms with van der Waals surface area (Å²) in [6.45, 7) is 3.66. The molecule has 7 nitrogen and oxygen atoms in total. The van der Waals surface area contributed by atoms with Gasteiger partial charge in [-0.25, -0.2) is 22.2 Å². The van der Waals surface area contributed by atoms with E-state index in [1.54, 1.807) is 0 Å². The molecule has 2 aromatic rings. The first kappa shape index (κ1) is 20.8. The molecule has 156 valence electrons. The summed E-state index contributed by atoms with van der Waals surface area (Å²) in [5.41, 5.74) is -2.64. The summed E-state index contributed by atoms with van der Waals surface area (Å²) in [5.74, 6) is -0.625. The molecule has 0 saturated carbocycles. The van der Waals surface area contributed by atoms with Gasteiger partial charge in [0.05, 0.1) is 0 Å². The van der Waals surface area contributed by atoms with E-state index in [2.05, 4.69) is 10.2 Å². The van der Waals surface area contributed by atoms with Crippen LogP contribution in [0.25, 0.3) is 0 Å². The summed E-state index contributed by atoms with van der Waals surface area (Å²) in [6.07, 6.45) is -6.47. The van der Waals surface area contributed by atoms with E-state index in [9.17, 15) is 27.5 Å². The molecule has 1 aliphatic rings. The van der Waals surface area contributed by atoms with Gasteiger partial charge in [0, 0.05) is 12.6 Å². The number of amides is 1. The Morgan fingerprint density at radius 3 is 2.66 bits per heavy atom. The van der Waals surface area contributed by atoms with Gasteiger partial charge in [-0.3, -0.25) is 4.79 Å². The minimum atomic E-state index is -3.50. The van der Waals surface area contributed by atoms with Crippen LogP contribution in [0.5, 0.6) is 5.75 Å². The molecule has 1 amide bonds. The van der Waals surface area contributed by atoms with Crippen LogP contribution in [-0.2, 0) is 6.73 Å². The molecule has 2 heterocycles. The molecule has 1 aliphatic heterocycles. The SMILES string of the molecule is Cc1ccc(C)c(OCn2ccc(C(=O)N3N=C(C(F)F)C[C@]3(O)C(F)F)n2)c1. The lowest BCUT2D eigenvalue weighted by atomic mass is 10.1. The van der Waals surface area contributed by atoms with Crippen LogP contribution in [0.15, 0.2) is 35.6 Å². The lowest BCUT2D eigenvalue weighted by molar-refractivity contribution is -0.164. The Morgan fingerprint density at radius 1 is 1.28 bits per heavy atom. The first-order valence-corrected chi connectivity index (χ1v) is 8.56. The maximum atomic E-state index is 13.3. The zero-order chi connectivity index (χ0) is 21.3. The Hall–Kier alpha value is -2.95. The van der Waals surface area contributed by atoms with Crippen molar-refractivity contribution in [3.05, 3.63) is 47.3 Å². The van der Waals surface area contributed by atoms with Crippen molar-refractivity contribution in [2.75, 3.05) is 0 Å². The second kappa shape index (κ2) is 7.82. The van der Waals surface area contributed by atoms with E-state index in [1.165, 1.54) is 16.9 Å². The highest BCUT2D eigenvalue weighted by Gasteiger charge is 2.53. The zero-order valence-electron chi connectivity index (χ0n) is 15.5. The molecule has 1 N–H and O–H groups in total. The highest BCUT2D eigenvalue weighted by atomic mass is 19.3. The van der Waals surface area contributed by atoms with Crippen molar-refractivity contribution in [1.29, 1.82) is 0 Å². The molecule has 1 aromatic carbocycles. The maximum absolute atomic E-state index is 13.3. The molecule has 0 fully saturated rings. The number of halogens is 4. The van der Waals surface area contributed by atoms with Crippen LogP contribution in [-0.4, -0.2) is 50.1 Å². The summed E-state index contributed by atoms with van der Waals surface area (Å²) in [5, 5.41) is 17.1. The molecule has 29 heavy (non-hydrogen) atoms. The summed E-state index contributed by atoms with van der Waals surface area (Å²) in [6, 6.07) is 6.80. The van der Waals surface area contributed by atoms with E-state index in [0.717, 1.165) is 11.1 Å². The number of nitrogens with zero attached hydrogens (tertiary/aromatic N) is 4. The Balaban J connectivity index is 1.76. The normalized spacial score (nSPS) is 19.2. The number of hydrazone groups is 1. The maximum Gasteiger partial charge on any atom is 0.297 e. The highest BCUT2D eigenvalue weighted by molar-refractivity contribution is 5.97. The number of carbonyl (C=O) groups excluding carboxylic acids is 1. The minimum Gasteiger partial charge on any atom is -0.471 e. The van der Waals surface area contributed by atoms with E-state index >= 15 is 0 Å². The van der Waals surface area contributed by atoms with Crippen molar-refractivity contribution in [2.45, 2.75) is 45.6 Å². The number of alkyl halides is 4. The van der Waals surface area contributed by atoms with Crippen LogP contribution < -0.4 is 4.74 Å². The van der Waals surface area contributed by atoms with Crippen molar-refractivity contribution in [3.8, 4) is 5.75 Å². The molecular formula is C18H18F4N4O3. The molecule has 0 spiro atoms. The van der Waals surface area contributed by atoms with Crippen LogP contribution in [0.3, 0.4) is 0 Å². The summed E-state index contributed by atoms with van der Waals surface area (Å²) >= 11 is 0. The summed E-state index contributed by atoms with van der Waals surface area (Å²) in [4.78, 5) is 12.5. The molecule has 0 unspecified atom stereocenters. The molecule has 3 rings (SSSR count). The van der Waals surface area contributed by atoms with E-state index in [0.29, 0.717) is 5.75 Å². The van der Waals surface area contributed by atoms with Gasteiger partial charge in [0.15, 0.2) is 12.4 Å². The van der Waals surface area contributed by atoms with Crippen molar-refractivity contribution in [1.82, 2.24) is 14.8 Å². The quantitative estimate of drug-likeness (QED) is 0.738. The summed E-state index contributed by atoms with van der Waals surface area (Å²) in [7, 11) is 0. The third-order valence-corrected chi connectivity index (χ3v) is 4.39. The number of carbonyl (C=O) groups is 1. The van der Waals surface area contributed by atoms with Crippen LogP contribution in [0.2, 0.25) is 0 Å². The average Bonchev–Trinajstić information content (AvgIpc) is 3.27. The predicted molar refractivity (Wildman–Crippen MR) is 94.0 cm³/mol. The molecule has 0 aliphatic carbocycles. The number of rotatable bonds is 6. The van der Waals surface area contributed by atoms with Gasteiger partial charge in [-0.2, -0.15) is 15.2 Å². The number of hydrogen-bond acceptors (Lipinski definition) is 5. The van der Waals surface area contributed by atoms with Crippen molar-refractivity contribution < 1.29 is 32.2 Å². The monoisotopic (exact) mass is 414 g/mol. The number of aromatic nitrogens is 2. The van der Waals surface area contributed by atoms with E-state index in [-0.39, 0.29) is 17.4 Å². The van der Waals surface area contributed by atoms with Gasteiger partial charge in [0.2, 0.25) is 5.72 Å². The fourth-order valence-corrected chi connectivity index (χ4v) is 2.76. The van der Waals surface area contributed by atoms with Gasteiger partial charge in [-0.05, 0) is 37.1 Å². The van der Waals surface area contributed by atoms with Crippen LogP contribution >= 0.6 is 0 Å². The number of hydrogen-bond donors (Lipinski definition) is 1. The average molecular weight is 414 g/mol. The fourth-order valence-electron chi connectivity index (χ4n) is 2.76. The van der Waals surface area contributed by atoms with Crippen LogP contribution in [0.1, 0.15) is 28.0 Å². The molecule has 0 radical (unpaired) electrons. The lowest BCUT2D eigenvalue weighted by Gasteiger charge is -2.29. The highest BCUT2D eigenvalue weighted by Crippen LogP contribution is 2.34. The second-order valence-corrected chi connectivity index (χ2v) is 6.65. The standard InChI is InChI=1S/C18H18F4N4O3/c1-10-3-4-11(2)14(7-10)29-9-25-6-5-12(23-25)16(27)26-18(28,17(21)22)8-13(24-26)15(19)20/h3-7,15,17,28H,8-9H2,1-2H3/t18-/m0/s1.